The molecule has 1 saturated carbocycles. The van der Waals surface area contributed by atoms with E-state index < -0.39 is 15.4 Å². The lowest BCUT2D eigenvalue weighted by Crippen LogP contribution is -2.43. The van der Waals surface area contributed by atoms with Crippen LogP contribution in [0.1, 0.15) is 44.9 Å². The van der Waals surface area contributed by atoms with E-state index in [0.717, 1.165) is 38.5 Å². The quantitative estimate of drug-likeness (QED) is 0.735. The number of sulfone groups is 1. The predicted molar refractivity (Wildman–Crippen MR) is 85.2 cm³/mol. The lowest BCUT2D eigenvalue weighted by Gasteiger charge is -2.26. The molecule has 2 rings (SSSR count). The van der Waals surface area contributed by atoms with Crippen molar-refractivity contribution in [2.45, 2.75) is 55.8 Å². The van der Waals surface area contributed by atoms with Crippen molar-refractivity contribution in [2.24, 2.45) is 0 Å². The Kier molecular flexibility index (Phi) is 5.96. The highest BCUT2D eigenvalue weighted by Crippen LogP contribution is 2.27. The third-order valence-corrected chi connectivity index (χ3v) is 7.57. The molecule has 0 aromatic heterocycles. The third-order valence-electron chi connectivity index (χ3n) is 4.29. The highest BCUT2D eigenvalue weighted by atomic mass is 32.2. The van der Waals surface area contributed by atoms with Gasteiger partial charge in [-0.05, 0) is 19.3 Å². The number of hydrogen-bond acceptors (Lipinski definition) is 5. The normalized spacial score (nSPS) is 28.0. The Bertz CT molecular complexity index is 456. The molecular weight excluding hydrogens is 310 g/mol. The number of amides is 1. The summed E-state index contributed by atoms with van der Waals surface area (Å²) in [7, 11) is -2.88. The van der Waals surface area contributed by atoms with E-state index in [1.54, 1.807) is 0 Å². The number of carbonyl (C=O) groups is 1. The molecule has 1 atom stereocenters. The number of thioether (sulfide) groups is 1. The molecular formula is C14H25NO4S2. The van der Waals surface area contributed by atoms with Gasteiger partial charge in [-0.2, -0.15) is 0 Å². The second-order valence-electron chi connectivity index (χ2n) is 6.25. The van der Waals surface area contributed by atoms with E-state index in [1.807, 2.05) is 0 Å². The average molecular weight is 335 g/mol. The van der Waals surface area contributed by atoms with Crippen molar-refractivity contribution < 1.29 is 18.3 Å². The van der Waals surface area contributed by atoms with Gasteiger partial charge in [0.15, 0.2) is 9.84 Å². The monoisotopic (exact) mass is 335 g/mol. The number of hydrogen-bond donors (Lipinski definition) is 2. The van der Waals surface area contributed by atoms with Crippen LogP contribution < -0.4 is 5.32 Å². The second kappa shape index (κ2) is 7.33. The summed E-state index contributed by atoms with van der Waals surface area (Å²) in [4.78, 5) is 11.8. The van der Waals surface area contributed by atoms with E-state index in [2.05, 4.69) is 5.32 Å². The molecule has 7 heteroatoms. The molecule has 1 aliphatic carbocycles. The van der Waals surface area contributed by atoms with Gasteiger partial charge in [0, 0.05) is 11.8 Å². The molecule has 0 spiro atoms. The van der Waals surface area contributed by atoms with Crippen LogP contribution in [0.4, 0.5) is 0 Å². The van der Waals surface area contributed by atoms with Gasteiger partial charge in [0.25, 0.3) is 0 Å². The van der Waals surface area contributed by atoms with Gasteiger partial charge in [-0.25, -0.2) is 8.42 Å². The zero-order valence-corrected chi connectivity index (χ0v) is 14.0. The summed E-state index contributed by atoms with van der Waals surface area (Å²) in [5, 5.41) is 13.3. The van der Waals surface area contributed by atoms with E-state index in [0.29, 0.717) is 13.0 Å². The van der Waals surface area contributed by atoms with Gasteiger partial charge in [0.05, 0.1) is 22.9 Å². The van der Waals surface area contributed by atoms with Crippen molar-refractivity contribution >= 4 is 27.5 Å². The number of nitrogens with one attached hydrogen (secondary N) is 1. The van der Waals surface area contributed by atoms with E-state index in [4.69, 9.17) is 0 Å². The first-order chi connectivity index (χ1) is 9.89. The molecule has 21 heavy (non-hydrogen) atoms. The lowest BCUT2D eigenvalue weighted by atomic mass is 9.94. The molecule has 5 nitrogen and oxygen atoms in total. The fraction of sp³-hybridized carbons (Fsp3) is 0.929. The summed E-state index contributed by atoms with van der Waals surface area (Å²) in [5.74, 6) is 0.596. The van der Waals surface area contributed by atoms with Gasteiger partial charge in [-0.3, -0.25) is 4.79 Å². The Morgan fingerprint density at radius 1 is 1.24 bits per heavy atom. The first-order valence-corrected chi connectivity index (χ1v) is 10.6. The van der Waals surface area contributed by atoms with Crippen LogP contribution in [0.3, 0.4) is 0 Å². The lowest BCUT2D eigenvalue weighted by molar-refractivity contribution is -0.120. The molecule has 1 saturated heterocycles. The Morgan fingerprint density at radius 2 is 1.90 bits per heavy atom. The van der Waals surface area contributed by atoms with Crippen LogP contribution in [0.5, 0.6) is 0 Å². The van der Waals surface area contributed by atoms with Crippen molar-refractivity contribution in [1.82, 2.24) is 5.32 Å². The molecule has 1 aliphatic heterocycles. The van der Waals surface area contributed by atoms with Gasteiger partial charge >= 0.3 is 0 Å². The standard InChI is InChI=1S/C14H25NO4S2/c16-13(9-20-12-5-8-21(18,19)10-12)15-11-14(17)6-3-1-2-4-7-14/h12,17H,1-11H2,(H,15,16). The Labute approximate surface area is 131 Å². The number of carbonyl (C=O) groups excluding carboxylic acids is 1. The highest BCUT2D eigenvalue weighted by Gasteiger charge is 2.30. The largest absolute Gasteiger partial charge is 0.388 e. The molecule has 1 unspecified atom stereocenters. The maximum absolute atomic E-state index is 11.8. The SMILES string of the molecule is O=C(CSC1CCS(=O)(=O)C1)NCC1(O)CCCCCC1. The van der Waals surface area contributed by atoms with Crippen molar-refractivity contribution in [3.8, 4) is 0 Å². The second-order valence-corrected chi connectivity index (χ2v) is 9.77. The highest BCUT2D eigenvalue weighted by molar-refractivity contribution is 8.02. The van der Waals surface area contributed by atoms with Gasteiger partial charge in [0.1, 0.15) is 0 Å². The first-order valence-electron chi connectivity index (χ1n) is 7.70. The molecule has 2 fully saturated rings. The van der Waals surface area contributed by atoms with Crippen LogP contribution in [0.15, 0.2) is 0 Å². The summed E-state index contributed by atoms with van der Waals surface area (Å²) < 4.78 is 22.7. The molecule has 0 aromatic rings. The van der Waals surface area contributed by atoms with E-state index in [1.165, 1.54) is 11.8 Å². The van der Waals surface area contributed by atoms with Gasteiger partial charge < -0.3 is 10.4 Å². The van der Waals surface area contributed by atoms with Crippen LogP contribution in [0.25, 0.3) is 0 Å². The minimum atomic E-state index is -2.88. The minimum Gasteiger partial charge on any atom is -0.388 e. The minimum absolute atomic E-state index is 0.0433. The summed E-state index contributed by atoms with van der Waals surface area (Å²) in [5.41, 5.74) is -0.756. The Balaban J connectivity index is 1.67. The maximum Gasteiger partial charge on any atom is 0.230 e. The molecule has 1 amide bonds. The summed E-state index contributed by atoms with van der Waals surface area (Å²) in [6.07, 6.45) is 6.49. The zero-order valence-electron chi connectivity index (χ0n) is 12.3. The van der Waals surface area contributed by atoms with Crippen molar-refractivity contribution in [2.75, 3.05) is 23.8 Å². The molecule has 122 valence electrons. The van der Waals surface area contributed by atoms with Crippen molar-refractivity contribution in [1.29, 1.82) is 0 Å². The third kappa shape index (κ3) is 5.79. The molecule has 2 aliphatic rings. The van der Waals surface area contributed by atoms with E-state index in [9.17, 15) is 18.3 Å². The number of aliphatic hydroxyl groups is 1. The molecule has 0 radical (unpaired) electrons. The summed E-state index contributed by atoms with van der Waals surface area (Å²) in [6.45, 7) is 0.315. The topological polar surface area (TPSA) is 83.5 Å². The molecule has 2 N–H and O–H groups in total. The molecule has 0 aromatic carbocycles. The summed E-state index contributed by atoms with van der Waals surface area (Å²) in [6, 6.07) is 0. The Hall–Kier alpha value is -0.270. The molecule has 0 bridgehead atoms. The fourth-order valence-electron chi connectivity index (χ4n) is 2.96. The van der Waals surface area contributed by atoms with Gasteiger partial charge in [-0.1, -0.05) is 25.7 Å². The van der Waals surface area contributed by atoms with Crippen molar-refractivity contribution in [3.63, 3.8) is 0 Å². The van der Waals surface area contributed by atoms with Gasteiger partial charge in [-0.15, -0.1) is 11.8 Å². The van der Waals surface area contributed by atoms with Crippen LogP contribution in [0, 0.1) is 0 Å². The fourth-order valence-corrected chi connectivity index (χ4v) is 6.44. The van der Waals surface area contributed by atoms with Crippen LogP contribution in [0.2, 0.25) is 0 Å². The number of rotatable bonds is 5. The van der Waals surface area contributed by atoms with Crippen LogP contribution in [-0.2, 0) is 14.6 Å². The van der Waals surface area contributed by atoms with Crippen LogP contribution in [-0.4, -0.2) is 54.1 Å². The zero-order chi connectivity index (χ0) is 15.3. The smallest absolute Gasteiger partial charge is 0.230 e. The first kappa shape index (κ1) is 17.1. The average Bonchev–Trinajstić information content (AvgIpc) is 2.63. The molecule has 1 heterocycles. The predicted octanol–water partition coefficient (Wildman–Crippen LogP) is 1.11. The van der Waals surface area contributed by atoms with Crippen LogP contribution >= 0.6 is 11.8 Å². The van der Waals surface area contributed by atoms with E-state index in [-0.39, 0.29) is 28.4 Å². The maximum atomic E-state index is 11.8. The summed E-state index contributed by atoms with van der Waals surface area (Å²) >= 11 is 1.41. The van der Waals surface area contributed by atoms with Crippen molar-refractivity contribution in [3.05, 3.63) is 0 Å². The van der Waals surface area contributed by atoms with E-state index >= 15 is 0 Å². The van der Waals surface area contributed by atoms with Gasteiger partial charge in [0.2, 0.25) is 5.91 Å². The Morgan fingerprint density at radius 3 is 2.48 bits per heavy atom.